The molecule has 20 heavy (non-hydrogen) atoms. The number of nitrogens with zero attached hydrogens (tertiary/aromatic N) is 1. The van der Waals surface area contributed by atoms with Gasteiger partial charge in [0.15, 0.2) is 0 Å². The SMILES string of the molecule is OCc1ccc2ccn(Cc3cc(Br)ccc3F)c2c1. The van der Waals surface area contributed by atoms with Gasteiger partial charge < -0.3 is 9.67 Å². The summed E-state index contributed by atoms with van der Waals surface area (Å²) in [5, 5.41) is 10.3. The van der Waals surface area contributed by atoms with Crippen molar-refractivity contribution in [3.63, 3.8) is 0 Å². The van der Waals surface area contributed by atoms with Gasteiger partial charge in [-0.05, 0) is 41.3 Å². The highest BCUT2D eigenvalue weighted by Gasteiger charge is 2.07. The van der Waals surface area contributed by atoms with Crippen molar-refractivity contribution in [1.29, 1.82) is 0 Å². The van der Waals surface area contributed by atoms with Crippen LogP contribution in [0.4, 0.5) is 4.39 Å². The maximum absolute atomic E-state index is 13.8. The number of aliphatic hydroxyl groups excluding tert-OH is 1. The molecule has 0 saturated heterocycles. The average molecular weight is 334 g/mol. The van der Waals surface area contributed by atoms with E-state index in [1.165, 1.54) is 6.07 Å². The van der Waals surface area contributed by atoms with Crippen molar-refractivity contribution in [2.45, 2.75) is 13.2 Å². The molecule has 0 saturated carbocycles. The number of aromatic nitrogens is 1. The molecule has 0 spiro atoms. The van der Waals surface area contributed by atoms with Gasteiger partial charge in [0, 0.05) is 21.7 Å². The minimum absolute atomic E-state index is 0.00632. The standard InChI is InChI=1S/C16H13BrFNO/c17-14-3-4-15(18)13(8-14)9-19-6-5-12-2-1-11(10-20)7-16(12)19/h1-8,20H,9-10H2. The van der Waals surface area contributed by atoms with E-state index in [0.717, 1.165) is 20.9 Å². The van der Waals surface area contributed by atoms with Gasteiger partial charge in [-0.2, -0.15) is 0 Å². The third-order valence-corrected chi connectivity index (χ3v) is 3.86. The third-order valence-electron chi connectivity index (χ3n) is 3.37. The van der Waals surface area contributed by atoms with Crippen LogP contribution in [0.25, 0.3) is 10.9 Å². The van der Waals surface area contributed by atoms with E-state index < -0.39 is 0 Å². The van der Waals surface area contributed by atoms with Gasteiger partial charge in [-0.25, -0.2) is 4.39 Å². The quantitative estimate of drug-likeness (QED) is 0.767. The van der Waals surface area contributed by atoms with E-state index in [-0.39, 0.29) is 12.4 Å². The predicted molar refractivity (Wildman–Crippen MR) is 81.1 cm³/mol. The Balaban J connectivity index is 2.04. The first-order valence-electron chi connectivity index (χ1n) is 6.30. The Morgan fingerprint density at radius 3 is 2.75 bits per heavy atom. The highest BCUT2D eigenvalue weighted by atomic mass is 79.9. The second-order valence-corrected chi connectivity index (χ2v) is 5.65. The normalized spacial score (nSPS) is 11.2. The second kappa shape index (κ2) is 5.38. The number of aliphatic hydroxyl groups is 1. The van der Waals surface area contributed by atoms with Crippen LogP contribution in [0.15, 0.2) is 53.1 Å². The zero-order valence-corrected chi connectivity index (χ0v) is 12.3. The number of hydrogen-bond donors (Lipinski definition) is 1. The zero-order valence-electron chi connectivity index (χ0n) is 10.7. The van der Waals surface area contributed by atoms with E-state index in [2.05, 4.69) is 15.9 Å². The summed E-state index contributed by atoms with van der Waals surface area (Å²) in [5.41, 5.74) is 2.48. The van der Waals surface area contributed by atoms with Gasteiger partial charge in [0.1, 0.15) is 5.82 Å². The zero-order chi connectivity index (χ0) is 14.1. The molecule has 0 aliphatic heterocycles. The van der Waals surface area contributed by atoms with Crippen molar-refractivity contribution in [2.24, 2.45) is 0 Å². The van der Waals surface area contributed by atoms with Crippen LogP contribution in [0, 0.1) is 5.82 Å². The van der Waals surface area contributed by atoms with Crippen molar-refractivity contribution in [3.05, 3.63) is 70.1 Å². The van der Waals surface area contributed by atoms with Crippen molar-refractivity contribution in [3.8, 4) is 0 Å². The molecule has 0 fully saturated rings. The summed E-state index contributed by atoms with van der Waals surface area (Å²) in [5.74, 6) is -0.214. The molecule has 1 aromatic heterocycles. The summed E-state index contributed by atoms with van der Waals surface area (Å²) in [6.07, 6.45) is 1.94. The molecule has 0 aliphatic rings. The maximum atomic E-state index is 13.8. The molecular formula is C16H13BrFNO. The summed E-state index contributed by atoms with van der Waals surface area (Å²) in [6, 6.07) is 12.7. The Morgan fingerprint density at radius 2 is 1.95 bits per heavy atom. The second-order valence-electron chi connectivity index (χ2n) is 4.73. The molecule has 1 N–H and O–H groups in total. The maximum Gasteiger partial charge on any atom is 0.128 e. The molecule has 3 aromatic rings. The van der Waals surface area contributed by atoms with E-state index in [4.69, 9.17) is 0 Å². The molecule has 0 atom stereocenters. The van der Waals surface area contributed by atoms with Crippen molar-refractivity contribution in [1.82, 2.24) is 4.57 Å². The highest BCUT2D eigenvalue weighted by Crippen LogP contribution is 2.21. The van der Waals surface area contributed by atoms with Gasteiger partial charge in [0.25, 0.3) is 0 Å². The number of benzene rings is 2. The van der Waals surface area contributed by atoms with Gasteiger partial charge in [-0.1, -0.05) is 28.1 Å². The molecule has 2 aromatic carbocycles. The Hall–Kier alpha value is -1.65. The first-order valence-corrected chi connectivity index (χ1v) is 7.09. The monoisotopic (exact) mass is 333 g/mol. The fraction of sp³-hybridized carbons (Fsp3) is 0.125. The van der Waals surface area contributed by atoms with E-state index in [1.807, 2.05) is 35.0 Å². The number of halogens is 2. The van der Waals surface area contributed by atoms with Crippen molar-refractivity contribution >= 4 is 26.8 Å². The van der Waals surface area contributed by atoms with Crippen molar-refractivity contribution in [2.75, 3.05) is 0 Å². The minimum Gasteiger partial charge on any atom is -0.392 e. The third kappa shape index (κ3) is 2.49. The van der Waals surface area contributed by atoms with Crippen LogP contribution in [-0.4, -0.2) is 9.67 Å². The number of fused-ring (bicyclic) bond motifs is 1. The van der Waals surface area contributed by atoms with E-state index >= 15 is 0 Å². The Kier molecular flexibility index (Phi) is 3.59. The highest BCUT2D eigenvalue weighted by molar-refractivity contribution is 9.10. The Labute approximate surface area is 124 Å². The van der Waals surface area contributed by atoms with Crippen LogP contribution >= 0.6 is 15.9 Å². The van der Waals surface area contributed by atoms with Crippen LogP contribution in [-0.2, 0) is 13.2 Å². The molecule has 1 heterocycles. The fourth-order valence-corrected chi connectivity index (χ4v) is 2.72. The Bertz CT molecular complexity index is 766. The summed E-state index contributed by atoms with van der Waals surface area (Å²) < 4.78 is 16.7. The molecule has 0 radical (unpaired) electrons. The van der Waals surface area contributed by atoms with Gasteiger partial charge in [-0.15, -0.1) is 0 Å². The topological polar surface area (TPSA) is 25.2 Å². The molecule has 0 unspecified atom stereocenters. The molecule has 0 amide bonds. The van der Waals surface area contributed by atoms with E-state index in [0.29, 0.717) is 12.1 Å². The summed E-state index contributed by atoms with van der Waals surface area (Å²) in [7, 11) is 0. The van der Waals surface area contributed by atoms with Crippen molar-refractivity contribution < 1.29 is 9.50 Å². The summed E-state index contributed by atoms with van der Waals surface area (Å²) in [4.78, 5) is 0. The lowest BCUT2D eigenvalue weighted by Gasteiger charge is -2.08. The summed E-state index contributed by atoms with van der Waals surface area (Å²) in [6.45, 7) is 0.468. The fourth-order valence-electron chi connectivity index (χ4n) is 2.31. The minimum atomic E-state index is -0.214. The molecule has 102 valence electrons. The first kappa shape index (κ1) is 13.3. The molecule has 0 bridgehead atoms. The molecule has 2 nitrogen and oxygen atoms in total. The van der Waals surface area contributed by atoms with Crippen LogP contribution < -0.4 is 0 Å². The average Bonchev–Trinajstić information content (AvgIpc) is 2.85. The largest absolute Gasteiger partial charge is 0.392 e. The lowest BCUT2D eigenvalue weighted by Crippen LogP contribution is -2.01. The summed E-state index contributed by atoms with van der Waals surface area (Å²) >= 11 is 3.36. The molecular weight excluding hydrogens is 321 g/mol. The van der Waals surface area contributed by atoms with Gasteiger partial charge in [0.05, 0.1) is 13.2 Å². The smallest absolute Gasteiger partial charge is 0.128 e. The van der Waals surface area contributed by atoms with Crippen LogP contribution in [0.5, 0.6) is 0 Å². The molecule has 3 rings (SSSR count). The van der Waals surface area contributed by atoms with E-state index in [9.17, 15) is 9.50 Å². The number of hydrogen-bond acceptors (Lipinski definition) is 1. The van der Waals surface area contributed by atoms with Crippen LogP contribution in [0.1, 0.15) is 11.1 Å². The van der Waals surface area contributed by atoms with Gasteiger partial charge in [-0.3, -0.25) is 0 Å². The van der Waals surface area contributed by atoms with E-state index in [1.54, 1.807) is 12.1 Å². The van der Waals surface area contributed by atoms with Crippen LogP contribution in [0.2, 0.25) is 0 Å². The van der Waals surface area contributed by atoms with Gasteiger partial charge >= 0.3 is 0 Å². The van der Waals surface area contributed by atoms with Gasteiger partial charge in [0.2, 0.25) is 0 Å². The molecule has 4 heteroatoms. The van der Waals surface area contributed by atoms with Crippen LogP contribution in [0.3, 0.4) is 0 Å². The molecule has 0 aliphatic carbocycles. The lowest BCUT2D eigenvalue weighted by molar-refractivity contribution is 0.282. The lowest BCUT2D eigenvalue weighted by atomic mass is 10.1. The number of rotatable bonds is 3. The first-order chi connectivity index (χ1) is 9.67. The Morgan fingerprint density at radius 1 is 1.10 bits per heavy atom. The predicted octanol–water partition coefficient (Wildman–Crippen LogP) is 4.08.